The van der Waals surface area contributed by atoms with Crippen molar-refractivity contribution >= 4 is 7.82 Å². The van der Waals surface area contributed by atoms with Crippen molar-refractivity contribution in [3.05, 3.63) is 0 Å². The van der Waals surface area contributed by atoms with Gasteiger partial charge in [0.1, 0.15) is 0 Å². The number of rotatable bonds is 9. The Labute approximate surface area is 90.1 Å². The lowest BCUT2D eigenvalue weighted by molar-refractivity contribution is 0.140. The zero-order valence-electron chi connectivity index (χ0n) is 8.96. The van der Waals surface area contributed by atoms with Crippen molar-refractivity contribution in [2.75, 3.05) is 32.8 Å². The number of phosphoric acid groups is 1. The molecule has 0 aromatic rings. The quantitative estimate of drug-likeness (QED) is 0.577. The third-order valence-electron chi connectivity index (χ3n) is 1.83. The lowest BCUT2D eigenvalue weighted by Gasteiger charge is -2.20. The van der Waals surface area contributed by atoms with Gasteiger partial charge in [-0.05, 0) is 19.4 Å². The summed E-state index contributed by atoms with van der Waals surface area (Å²) in [5.74, 6) is 0. The second kappa shape index (κ2) is 8.21. The molecule has 6 nitrogen and oxygen atoms in total. The second-order valence-corrected chi connectivity index (χ2v) is 4.46. The van der Waals surface area contributed by atoms with E-state index in [4.69, 9.17) is 9.79 Å². The normalized spacial score (nSPS) is 12.3. The maximum absolute atomic E-state index is 10.4. The van der Waals surface area contributed by atoms with E-state index in [1.54, 1.807) is 0 Å². The maximum Gasteiger partial charge on any atom is 0.469 e. The van der Waals surface area contributed by atoms with Crippen LogP contribution in [0.2, 0.25) is 0 Å². The molecule has 0 amide bonds. The summed E-state index contributed by atoms with van der Waals surface area (Å²) in [6, 6.07) is 0. The monoisotopic (exact) mass is 240 g/mol. The van der Waals surface area contributed by atoms with Crippen LogP contribution in [-0.4, -0.2) is 47.5 Å². The lowest BCUT2D eigenvalue weighted by Crippen LogP contribution is -2.29. The van der Waals surface area contributed by atoms with Gasteiger partial charge in [0.25, 0.3) is 0 Å². The van der Waals surface area contributed by atoms with Crippen LogP contribution in [0, 0.1) is 0 Å². The molecule has 0 bridgehead atoms. The molecule has 7 heteroatoms. The van der Waals surface area contributed by atoms with Crippen molar-refractivity contribution < 1.29 is 24.0 Å². The molecule has 15 heavy (non-hydrogen) atoms. The number of hydrogen-bond donors (Lipinski definition) is 2. The van der Waals surface area contributed by atoms with Gasteiger partial charge in [-0.2, -0.15) is 0 Å². The minimum Gasteiger partial charge on any atom is -0.303 e. The molecule has 0 aromatic carbocycles. The van der Waals surface area contributed by atoms with Crippen LogP contribution in [0.3, 0.4) is 0 Å². The van der Waals surface area contributed by atoms with E-state index in [9.17, 15) is 9.67 Å². The smallest absolute Gasteiger partial charge is 0.303 e. The Balaban J connectivity index is 3.70. The third-order valence-corrected chi connectivity index (χ3v) is 2.34. The molecule has 0 rings (SSSR count). The minimum atomic E-state index is -4.36. The zero-order valence-corrected chi connectivity index (χ0v) is 9.86. The topological polar surface area (TPSA) is 89.9 Å². The van der Waals surface area contributed by atoms with Crippen LogP contribution < -0.4 is 0 Å². The average molecular weight is 240 g/mol. The molecular weight excluding hydrogens is 221 g/mol. The highest BCUT2D eigenvalue weighted by atomic mass is 31.2. The van der Waals surface area contributed by atoms with E-state index in [1.807, 2.05) is 11.8 Å². The van der Waals surface area contributed by atoms with Crippen LogP contribution in [0.1, 0.15) is 19.8 Å². The second-order valence-electron chi connectivity index (χ2n) is 3.22. The highest BCUT2D eigenvalue weighted by molar-refractivity contribution is 7.46. The molecule has 0 atom stereocenters. The average Bonchev–Trinajstić information content (AvgIpc) is 2.12. The predicted octanol–water partition coefficient (Wildman–Crippen LogP) is 0.628. The Kier molecular flexibility index (Phi) is 8.23. The number of hydrogen-bond acceptors (Lipinski definition) is 3. The fourth-order valence-corrected chi connectivity index (χ4v) is 1.55. The van der Waals surface area contributed by atoms with E-state index in [-0.39, 0.29) is 13.2 Å². The largest absolute Gasteiger partial charge is 0.469 e. The summed E-state index contributed by atoms with van der Waals surface area (Å²) in [5.41, 5.74) is 0. The van der Waals surface area contributed by atoms with E-state index in [0.29, 0.717) is 19.5 Å². The molecule has 0 fully saturated rings. The SMILES string of the molecule is CCCN(CCC[O])CCOP(=O)(O)O. The lowest BCUT2D eigenvalue weighted by atomic mass is 10.3. The fraction of sp³-hybridized carbons (Fsp3) is 1.00. The first-order valence-electron chi connectivity index (χ1n) is 5.00. The van der Waals surface area contributed by atoms with Crippen molar-refractivity contribution in [3.8, 4) is 0 Å². The van der Waals surface area contributed by atoms with Crippen LogP contribution >= 0.6 is 7.82 Å². The standard InChI is InChI=1S/C8H19NO5P/c1-2-4-9(5-3-7-10)6-8-14-15(11,12)13/h2-8H2,1H3,(H2,11,12,13). The summed E-state index contributed by atoms with van der Waals surface area (Å²) in [7, 11) is -4.36. The molecule has 0 heterocycles. The van der Waals surface area contributed by atoms with Gasteiger partial charge < -0.3 is 14.7 Å². The molecule has 0 spiro atoms. The van der Waals surface area contributed by atoms with E-state index in [0.717, 1.165) is 13.0 Å². The van der Waals surface area contributed by atoms with Gasteiger partial charge in [-0.1, -0.05) is 6.92 Å². The molecule has 0 saturated carbocycles. The molecule has 0 aliphatic rings. The van der Waals surface area contributed by atoms with E-state index in [2.05, 4.69) is 4.52 Å². The van der Waals surface area contributed by atoms with Gasteiger partial charge in [0.2, 0.25) is 0 Å². The van der Waals surface area contributed by atoms with E-state index in [1.165, 1.54) is 0 Å². The Morgan fingerprint density at radius 2 is 1.93 bits per heavy atom. The molecule has 0 aliphatic heterocycles. The van der Waals surface area contributed by atoms with Crippen LogP contribution in [0.25, 0.3) is 0 Å². The Hall–Kier alpha value is 0.0300. The summed E-state index contributed by atoms with van der Waals surface area (Å²) < 4.78 is 14.7. The molecule has 0 aliphatic carbocycles. The maximum atomic E-state index is 10.4. The third kappa shape index (κ3) is 10.3. The summed E-state index contributed by atoms with van der Waals surface area (Å²) in [5, 5.41) is 10.3. The van der Waals surface area contributed by atoms with E-state index >= 15 is 0 Å². The molecule has 1 radical (unpaired) electrons. The van der Waals surface area contributed by atoms with Crippen LogP contribution in [-0.2, 0) is 14.2 Å². The Morgan fingerprint density at radius 3 is 2.40 bits per heavy atom. The van der Waals surface area contributed by atoms with Gasteiger partial charge in [-0.3, -0.25) is 4.52 Å². The summed E-state index contributed by atoms with van der Waals surface area (Å²) >= 11 is 0. The highest BCUT2D eigenvalue weighted by Gasteiger charge is 2.14. The fourth-order valence-electron chi connectivity index (χ4n) is 1.23. The summed E-state index contributed by atoms with van der Waals surface area (Å²) in [6.07, 6.45) is 1.49. The molecule has 0 saturated heterocycles. The van der Waals surface area contributed by atoms with Crippen LogP contribution in [0.4, 0.5) is 0 Å². The van der Waals surface area contributed by atoms with E-state index < -0.39 is 7.82 Å². The first kappa shape index (κ1) is 15.0. The van der Waals surface area contributed by atoms with Crippen molar-refractivity contribution in [2.45, 2.75) is 19.8 Å². The van der Waals surface area contributed by atoms with Crippen LogP contribution in [0.5, 0.6) is 0 Å². The van der Waals surface area contributed by atoms with Crippen LogP contribution in [0.15, 0.2) is 0 Å². The molecule has 0 unspecified atom stereocenters. The van der Waals surface area contributed by atoms with Crippen molar-refractivity contribution in [2.24, 2.45) is 0 Å². The van der Waals surface area contributed by atoms with Gasteiger partial charge in [0, 0.05) is 13.1 Å². The van der Waals surface area contributed by atoms with Gasteiger partial charge in [0.15, 0.2) is 0 Å². The van der Waals surface area contributed by atoms with Gasteiger partial charge in [-0.15, -0.1) is 0 Å². The first-order chi connectivity index (χ1) is 6.99. The molecule has 0 aromatic heterocycles. The van der Waals surface area contributed by atoms with Gasteiger partial charge >= 0.3 is 7.82 Å². The molecule has 2 N–H and O–H groups in total. The molecule has 91 valence electrons. The number of phosphoric ester groups is 1. The minimum absolute atomic E-state index is 0.0108. The molecular formula is C8H19NO5P. The van der Waals surface area contributed by atoms with Gasteiger partial charge in [0.05, 0.1) is 13.2 Å². The van der Waals surface area contributed by atoms with Gasteiger partial charge in [-0.25, -0.2) is 9.67 Å². The number of nitrogens with zero attached hydrogens (tertiary/aromatic N) is 1. The summed E-state index contributed by atoms with van der Waals surface area (Å²) in [6.45, 7) is 3.78. The predicted molar refractivity (Wildman–Crippen MR) is 54.9 cm³/mol. The zero-order chi connectivity index (χ0) is 11.7. The van der Waals surface area contributed by atoms with Crippen molar-refractivity contribution in [1.29, 1.82) is 0 Å². The van der Waals surface area contributed by atoms with Crippen molar-refractivity contribution in [3.63, 3.8) is 0 Å². The van der Waals surface area contributed by atoms with Crippen molar-refractivity contribution in [1.82, 2.24) is 4.90 Å². The summed E-state index contributed by atoms with van der Waals surface area (Å²) in [4.78, 5) is 18.9. The first-order valence-corrected chi connectivity index (χ1v) is 6.53. The Morgan fingerprint density at radius 1 is 1.27 bits per heavy atom. The Bertz CT molecular complexity index is 195. The highest BCUT2D eigenvalue weighted by Crippen LogP contribution is 2.35.